The van der Waals surface area contributed by atoms with Gasteiger partial charge < -0.3 is 4.90 Å². The first-order valence-electron chi connectivity index (χ1n) is 14.2. The predicted molar refractivity (Wildman–Crippen MR) is 169 cm³/mol. The molecule has 0 atom stereocenters. The first-order valence-corrected chi connectivity index (χ1v) is 14.2. The van der Waals surface area contributed by atoms with Crippen LogP contribution in [-0.4, -0.2) is 16.4 Å². The second-order valence-electron chi connectivity index (χ2n) is 9.81. The van der Waals surface area contributed by atoms with Gasteiger partial charge in [-0.3, -0.25) is 10.1 Å². The van der Waals surface area contributed by atoms with Crippen molar-refractivity contribution >= 4 is 11.4 Å². The Kier molecular flexibility index (Phi) is 16.6. The lowest BCUT2D eigenvalue weighted by Gasteiger charge is -2.29. The number of rotatable bonds is 11. The first kappa shape index (κ1) is 33.4. The lowest BCUT2D eigenvalue weighted by molar-refractivity contribution is -0.384. The minimum absolute atomic E-state index is 0.160. The molecule has 3 aromatic carbocycles. The Morgan fingerprint density at radius 2 is 1.46 bits per heavy atom. The molecular weight excluding hydrogens is 480 g/mol. The lowest BCUT2D eigenvalue weighted by atomic mass is 10.0. The second-order valence-corrected chi connectivity index (χ2v) is 9.81. The van der Waals surface area contributed by atoms with E-state index in [2.05, 4.69) is 108 Å². The van der Waals surface area contributed by atoms with Crippen LogP contribution in [0.5, 0.6) is 0 Å². The number of nitrogens with zero attached hydrogens (tertiary/aromatic N) is 2. The molecule has 0 unspecified atom stereocenters. The SMILES string of the molecule is C=C(c1ccccc1)N(CCCC)/C(=C\C)CC.CC(C)Cc1ccc([N+](=O)[O-])cc1.CCc1ccccc1. The number of hydrogen-bond acceptors (Lipinski definition) is 3. The molecule has 0 radical (unpaired) electrons. The van der Waals surface area contributed by atoms with Crippen molar-refractivity contribution in [1.29, 1.82) is 0 Å². The van der Waals surface area contributed by atoms with Gasteiger partial charge in [-0.25, -0.2) is 0 Å². The van der Waals surface area contributed by atoms with Gasteiger partial charge in [0.05, 0.1) is 4.92 Å². The van der Waals surface area contributed by atoms with Crippen molar-refractivity contribution in [3.05, 3.63) is 130 Å². The van der Waals surface area contributed by atoms with Crippen LogP contribution in [0.25, 0.3) is 5.70 Å². The maximum Gasteiger partial charge on any atom is 0.269 e. The van der Waals surface area contributed by atoms with Gasteiger partial charge in [-0.05, 0) is 55.2 Å². The molecule has 4 heteroatoms. The molecular formula is C35H48N2O2. The maximum absolute atomic E-state index is 10.3. The largest absolute Gasteiger partial charge is 0.345 e. The Morgan fingerprint density at radius 3 is 1.87 bits per heavy atom. The van der Waals surface area contributed by atoms with Crippen LogP contribution < -0.4 is 0 Å². The number of benzene rings is 3. The van der Waals surface area contributed by atoms with E-state index in [1.54, 1.807) is 12.1 Å². The van der Waals surface area contributed by atoms with E-state index in [9.17, 15) is 10.1 Å². The lowest BCUT2D eigenvalue weighted by Crippen LogP contribution is -2.22. The minimum Gasteiger partial charge on any atom is -0.345 e. The Labute approximate surface area is 237 Å². The van der Waals surface area contributed by atoms with Crippen LogP contribution in [0.2, 0.25) is 0 Å². The van der Waals surface area contributed by atoms with Crippen LogP contribution in [0, 0.1) is 16.0 Å². The minimum atomic E-state index is -0.376. The summed E-state index contributed by atoms with van der Waals surface area (Å²) in [6.45, 7) is 18.3. The zero-order chi connectivity index (χ0) is 29.0. The van der Waals surface area contributed by atoms with Gasteiger partial charge in [-0.1, -0.05) is 126 Å². The number of allylic oxidation sites excluding steroid dienone is 2. The summed E-state index contributed by atoms with van der Waals surface area (Å²) >= 11 is 0. The Morgan fingerprint density at radius 1 is 0.897 bits per heavy atom. The van der Waals surface area contributed by atoms with Crippen LogP contribution in [0.3, 0.4) is 0 Å². The number of non-ortho nitro benzene ring substituents is 1. The number of aryl methyl sites for hydroxylation is 1. The van der Waals surface area contributed by atoms with E-state index in [-0.39, 0.29) is 10.6 Å². The molecule has 0 aliphatic carbocycles. The average molecular weight is 529 g/mol. The number of nitro benzene ring substituents is 1. The summed E-state index contributed by atoms with van der Waals surface area (Å²) in [7, 11) is 0. The van der Waals surface area contributed by atoms with Crippen molar-refractivity contribution in [3.63, 3.8) is 0 Å². The highest BCUT2D eigenvalue weighted by atomic mass is 16.6. The van der Waals surface area contributed by atoms with E-state index in [1.807, 2.05) is 24.3 Å². The summed E-state index contributed by atoms with van der Waals surface area (Å²) < 4.78 is 0. The summed E-state index contributed by atoms with van der Waals surface area (Å²) in [6, 6.07) is 27.6. The third-order valence-corrected chi connectivity index (χ3v) is 6.25. The van der Waals surface area contributed by atoms with Crippen molar-refractivity contribution in [3.8, 4) is 0 Å². The summed E-state index contributed by atoms with van der Waals surface area (Å²) in [4.78, 5) is 12.3. The molecule has 4 nitrogen and oxygen atoms in total. The molecule has 3 aromatic rings. The van der Waals surface area contributed by atoms with E-state index < -0.39 is 0 Å². The molecule has 0 amide bonds. The summed E-state index contributed by atoms with van der Waals surface area (Å²) in [5.41, 5.74) is 6.40. The quantitative estimate of drug-likeness (QED) is 0.184. The normalized spacial score (nSPS) is 10.6. The highest BCUT2D eigenvalue weighted by Gasteiger charge is 2.12. The summed E-state index contributed by atoms with van der Waals surface area (Å²) in [5.74, 6) is 0.585. The van der Waals surface area contributed by atoms with E-state index in [1.165, 1.54) is 29.7 Å². The molecule has 0 aliphatic rings. The molecule has 0 N–H and O–H groups in total. The van der Waals surface area contributed by atoms with Gasteiger partial charge in [0, 0.05) is 30.1 Å². The van der Waals surface area contributed by atoms with Gasteiger partial charge in [0.1, 0.15) is 0 Å². The second kappa shape index (κ2) is 19.4. The predicted octanol–water partition coefficient (Wildman–Crippen LogP) is 10.1. The molecule has 0 aliphatic heterocycles. The highest BCUT2D eigenvalue weighted by Crippen LogP contribution is 2.24. The first-order chi connectivity index (χ1) is 18.8. The molecule has 0 aromatic heterocycles. The molecule has 0 heterocycles. The fraction of sp³-hybridized carbons (Fsp3) is 0.371. The molecule has 0 saturated carbocycles. The van der Waals surface area contributed by atoms with Gasteiger partial charge in [0.2, 0.25) is 0 Å². The van der Waals surface area contributed by atoms with Gasteiger partial charge in [0.25, 0.3) is 5.69 Å². The van der Waals surface area contributed by atoms with Crippen molar-refractivity contribution in [1.82, 2.24) is 4.90 Å². The van der Waals surface area contributed by atoms with Crippen molar-refractivity contribution < 1.29 is 4.92 Å². The molecule has 210 valence electrons. The van der Waals surface area contributed by atoms with Crippen LogP contribution in [0.15, 0.2) is 103 Å². The molecule has 0 bridgehead atoms. The molecule has 3 rings (SSSR count). The Hall–Kier alpha value is -3.66. The van der Waals surface area contributed by atoms with Crippen molar-refractivity contribution in [2.45, 2.75) is 73.6 Å². The highest BCUT2D eigenvalue weighted by molar-refractivity contribution is 5.63. The van der Waals surface area contributed by atoms with Gasteiger partial charge in [0.15, 0.2) is 0 Å². The summed E-state index contributed by atoms with van der Waals surface area (Å²) in [6.07, 6.45) is 7.76. The molecule has 0 saturated heterocycles. The molecule has 39 heavy (non-hydrogen) atoms. The van der Waals surface area contributed by atoms with E-state index in [0.717, 1.165) is 37.1 Å². The zero-order valence-electron chi connectivity index (χ0n) is 24.9. The fourth-order valence-electron chi connectivity index (χ4n) is 4.04. The van der Waals surface area contributed by atoms with Crippen molar-refractivity contribution in [2.75, 3.05) is 6.54 Å². The third-order valence-electron chi connectivity index (χ3n) is 6.25. The van der Waals surface area contributed by atoms with Gasteiger partial charge >= 0.3 is 0 Å². The smallest absolute Gasteiger partial charge is 0.269 e. The van der Waals surface area contributed by atoms with E-state index in [0.29, 0.717) is 5.92 Å². The van der Waals surface area contributed by atoms with Crippen LogP contribution in [-0.2, 0) is 12.8 Å². The standard InChI is InChI=1S/C17H25N.C10H13NO2.C8H10/c1-5-8-14-18(17(6-2)7-3)15(4)16-12-10-9-11-13-16;1-8(2)7-9-3-5-10(6-4-9)11(12)13;1-2-8-6-4-3-5-7-8/h6,9-13H,4-5,7-8,14H2,1-3H3;3-6,8H,7H2,1-2H3;3-7H,2H2,1H3/b17-6-;;. The zero-order valence-corrected chi connectivity index (χ0v) is 24.9. The fourth-order valence-corrected chi connectivity index (χ4v) is 4.04. The monoisotopic (exact) mass is 528 g/mol. The molecule has 0 fully saturated rings. The Bertz CT molecular complexity index is 1100. The Balaban J connectivity index is 0.000000315. The van der Waals surface area contributed by atoms with Crippen LogP contribution in [0.1, 0.15) is 77.5 Å². The summed E-state index contributed by atoms with van der Waals surface area (Å²) in [5, 5.41) is 10.3. The van der Waals surface area contributed by atoms with Gasteiger partial charge in [-0.2, -0.15) is 0 Å². The maximum atomic E-state index is 10.3. The molecule has 0 spiro atoms. The van der Waals surface area contributed by atoms with Crippen LogP contribution >= 0.6 is 0 Å². The number of hydrogen-bond donors (Lipinski definition) is 0. The average Bonchev–Trinajstić information content (AvgIpc) is 2.96. The van der Waals surface area contributed by atoms with Gasteiger partial charge in [-0.15, -0.1) is 0 Å². The third kappa shape index (κ3) is 13.1. The van der Waals surface area contributed by atoms with E-state index >= 15 is 0 Å². The number of nitro groups is 1. The number of unbranched alkanes of at least 4 members (excludes halogenated alkanes) is 1. The van der Waals surface area contributed by atoms with Crippen molar-refractivity contribution in [2.24, 2.45) is 5.92 Å². The topological polar surface area (TPSA) is 46.4 Å². The van der Waals surface area contributed by atoms with E-state index in [4.69, 9.17) is 0 Å². The van der Waals surface area contributed by atoms with Crippen LogP contribution in [0.4, 0.5) is 5.69 Å².